The largest absolute Gasteiger partial charge is 0.494 e. The summed E-state index contributed by atoms with van der Waals surface area (Å²) >= 11 is 0. The van der Waals surface area contributed by atoms with Crippen molar-refractivity contribution in [2.75, 3.05) is 26.4 Å². The molecule has 27 heavy (non-hydrogen) atoms. The second-order valence-electron chi connectivity index (χ2n) is 4.57. The number of hydrogen-bond donors (Lipinski definition) is 4. The normalized spacial score (nSPS) is 9.85. The predicted octanol–water partition coefficient (Wildman–Crippen LogP) is 1.42. The van der Waals surface area contributed by atoms with Crippen molar-refractivity contribution >= 4 is 29.5 Å². The van der Waals surface area contributed by atoms with Crippen molar-refractivity contribution in [2.45, 2.75) is 54.6 Å². The van der Waals surface area contributed by atoms with Gasteiger partial charge in [-0.05, 0) is 27.7 Å². The topological polar surface area (TPSA) is 152 Å². The SMILES string of the molecule is CC(=O)O.CC(=O)O.CCO[Si](C)(O)OCC.CCO[Si](C)(O)OCC.[Zr]. The van der Waals surface area contributed by atoms with Gasteiger partial charge in [-0.2, -0.15) is 0 Å². The minimum atomic E-state index is -2.70. The van der Waals surface area contributed by atoms with Crippen LogP contribution in [0.25, 0.3) is 0 Å². The summed E-state index contributed by atoms with van der Waals surface area (Å²) in [5.41, 5.74) is 0. The number of carbonyl (C=O) groups is 2. The summed E-state index contributed by atoms with van der Waals surface area (Å²) in [6.07, 6.45) is 0. The molecule has 0 aromatic heterocycles. The molecule has 0 aromatic rings. The van der Waals surface area contributed by atoms with Crippen LogP contribution in [0.5, 0.6) is 0 Å². The third kappa shape index (κ3) is 58.5. The maximum absolute atomic E-state index is 9.21. The summed E-state index contributed by atoms with van der Waals surface area (Å²) in [7, 11) is -5.41. The molecule has 13 heteroatoms. The second-order valence-corrected chi connectivity index (χ2v) is 9.31. The Hall–Kier alpha value is 0.0169. The first-order chi connectivity index (χ1) is 11.7. The molecular weight excluding hydrogens is 476 g/mol. The monoisotopic (exact) mass is 510 g/mol. The van der Waals surface area contributed by atoms with Crippen LogP contribution in [0, 0.1) is 0 Å². The molecule has 0 saturated heterocycles. The van der Waals surface area contributed by atoms with Gasteiger partial charge in [-0.1, -0.05) is 0 Å². The molecule has 0 rings (SSSR count). The molecular formula is C14H36O10Si2Zr. The van der Waals surface area contributed by atoms with E-state index >= 15 is 0 Å². The first-order valence-electron chi connectivity index (χ1n) is 8.10. The Kier molecular flexibility index (Phi) is 33.6. The number of hydrogen-bond acceptors (Lipinski definition) is 8. The summed E-state index contributed by atoms with van der Waals surface area (Å²) in [4.78, 5) is 36.4. The maximum atomic E-state index is 9.21. The van der Waals surface area contributed by atoms with Crippen LogP contribution < -0.4 is 0 Å². The van der Waals surface area contributed by atoms with Gasteiger partial charge < -0.3 is 37.5 Å². The van der Waals surface area contributed by atoms with Crippen molar-refractivity contribution in [1.82, 2.24) is 0 Å². The molecule has 0 radical (unpaired) electrons. The molecule has 0 heterocycles. The second kappa shape index (κ2) is 24.1. The average molecular weight is 512 g/mol. The molecule has 0 aliphatic heterocycles. The molecule has 4 N–H and O–H groups in total. The third-order valence-corrected chi connectivity index (χ3v) is 4.95. The quantitative estimate of drug-likeness (QED) is 0.352. The van der Waals surface area contributed by atoms with Gasteiger partial charge in [0.2, 0.25) is 0 Å². The molecule has 0 amide bonds. The van der Waals surface area contributed by atoms with E-state index in [0.717, 1.165) is 13.8 Å². The van der Waals surface area contributed by atoms with E-state index < -0.39 is 29.5 Å². The van der Waals surface area contributed by atoms with Crippen molar-refractivity contribution in [3.05, 3.63) is 0 Å². The van der Waals surface area contributed by atoms with Gasteiger partial charge in [0.05, 0.1) is 0 Å². The van der Waals surface area contributed by atoms with Crippen molar-refractivity contribution in [2.24, 2.45) is 0 Å². The zero-order valence-electron chi connectivity index (χ0n) is 17.6. The van der Waals surface area contributed by atoms with Crippen LogP contribution >= 0.6 is 0 Å². The van der Waals surface area contributed by atoms with E-state index in [2.05, 4.69) is 0 Å². The Bertz CT molecular complexity index is 288. The van der Waals surface area contributed by atoms with Gasteiger partial charge in [0.25, 0.3) is 11.9 Å². The van der Waals surface area contributed by atoms with Crippen molar-refractivity contribution in [3.63, 3.8) is 0 Å². The minimum absolute atomic E-state index is 0. The summed E-state index contributed by atoms with van der Waals surface area (Å²) in [5.74, 6) is -1.67. The summed E-state index contributed by atoms with van der Waals surface area (Å²) in [6, 6.07) is 0. The number of carboxylic acids is 2. The molecule has 0 bridgehead atoms. The minimum Gasteiger partial charge on any atom is -0.481 e. The standard InChI is InChI=1S/2C5H14O3Si.2C2H4O2.Zr/c2*1-4-7-9(3,6)8-5-2;2*1-2(3)4;/h2*6H,4-5H2,1-3H3;2*1H3,(H,3,4);. The van der Waals surface area contributed by atoms with E-state index in [9.17, 15) is 9.59 Å². The first kappa shape index (κ1) is 37.7. The Labute approximate surface area is 183 Å². The summed E-state index contributed by atoms with van der Waals surface area (Å²) in [6.45, 7) is 14.8. The number of rotatable bonds is 8. The fourth-order valence-corrected chi connectivity index (χ4v) is 3.46. The van der Waals surface area contributed by atoms with E-state index in [1.165, 1.54) is 0 Å². The Balaban J connectivity index is -0.0000000843. The van der Waals surface area contributed by atoms with Gasteiger partial charge in [-0.15, -0.1) is 0 Å². The van der Waals surface area contributed by atoms with Gasteiger partial charge in [0.1, 0.15) is 0 Å². The van der Waals surface area contributed by atoms with Crippen LogP contribution in [0.3, 0.4) is 0 Å². The van der Waals surface area contributed by atoms with Crippen LogP contribution in [-0.4, -0.2) is 75.8 Å². The Morgan fingerprint density at radius 3 is 0.852 bits per heavy atom. The van der Waals surface area contributed by atoms with Crippen LogP contribution in [-0.2, 0) is 53.5 Å². The van der Waals surface area contributed by atoms with E-state index in [-0.39, 0.29) is 26.2 Å². The molecule has 0 aliphatic rings. The zero-order chi connectivity index (χ0) is 21.8. The van der Waals surface area contributed by atoms with Gasteiger partial charge in [0.15, 0.2) is 0 Å². The van der Waals surface area contributed by atoms with E-state index in [0.29, 0.717) is 26.4 Å². The van der Waals surface area contributed by atoms with E-state index in [1.807, 2.05) is 27.7 Å². The number of carboxylic acid groups (broad SMARTS) is 2. The molecule has 164 valence electrons. The molecule has 0 spiro atoms. The maximum Gasteiger partial charge on any atom is 0.494 e. The molecule has 0 saturated carbocycles. The van der Waals surface area contributed by atoms with Crippen LogP contribution in [0.15, 0.2) is 0 Å². The third-order valence-electron chi connectivity index (χ3n) is 1.65. The smallest absolute Gasteiger partial charge is 0.481 e. The Morgan fingerprint density at radius 1 is 0.667 bits per heavy atom. The zero-order valence-corrected chi connectivity index (χ0v) is 22.0. The van der Waals surface area contributed by atoms with Gasteiger partial charge in [-0.25, -0.2) is 0 Å². The molecule has 0 unspecified atom stereocenters. The Morgan fingerprint density at radius 2 is 0.778 bits per heavy atom. The molecule has 0 aromatic carbocycles. The van der Waals surface area contributed by atoms with Crippen LogP contribution in [0.2, 0.25) is 13.1 Å². The molecule has 0 aliphatic carbocycles. The van der Waals surface area contributed by atoms with E-state index in [4.69, 9.17) is 37.5 Å². The van der Waals surface area contributed by atoms with Gasteiger partial charge in [0, 0.05) is 79.6 Å². The van der Waals surface area contributed by atoms with Gasteiger partial charge >= 0.3 is 17.6 Å². The van der Waals surface area contributed by atoms with E-state index in [1.54, 1.807) is 13.1 Å². The fourth-order valence-electron chi connectivity index (χ4n) is 1.15. The average Bonchev–Trinajstić information content (AvgIpc) is 2.37. The van der Waals surface area contributed by atoms with Crippen molar-refractivity contribution < 1.29 is 73.3 Å². The number of aliphatic carboxylic acids is 2. The summed E-state index contributed by atoms with van der Waals surface area (Å²) < 4.78 is 19.8. The fraction of sp³-hybridized carbons (Fsp3) is 0.857. The van der Waals surface area contributed by atoms with Gasteiger partial charge in [-0.3, -0.25) is 9.59 Å². The van der Waals surface area contributed by atoms with Crippen LogP contribution in [0.4, 0.5) is 0 Å². The van der Waals surface area contributed by atoms with Crippen LogP contribution in [0.1, 0.15) is 41.5 Å². The van der Waals surface area contributed by atoms with Crippen molar-refractivity contribution in [1.29, 1.82) is 0 Å². The predicted molar refractivity (Wildman–Crippen MR) is 101 cm³/mol. The molecule has 10 nitrogen and oxygen atoms in total. The first-order valence-corrected chi connectivity index (χ1v) is 12.6. The molecule has 0 atom stereocenters. The summed E-state index contributed by atoms with van der Waals surface area (Å²) in [5, 5.41) is 14.8. The van der Waals surface area contributed by atoms with Crippen molar-refractivity contribution in [3.8, 4) is 0 Å². The molecule has 0 fully saturated rings.